The minimum absolute atomic E-state index is 0.122. The van der Waals surface area contributed by atoms with Gasteiger partial charge in [-0.3, -0.25) is 4.79 Å². The molecule has 1 aromatic heterocycles. The lowest BCUT2D eigenvalue weighted by atomic mass is 10.1. The Hall–Kier alpha value is -2.23. The van der Waals surface area contributed by atoms with Gasteiger partial charge in [-0.25, -0.2) is 9.97 Å². The average molecular weight is 397 g/mol. The highest BCUT2D eigenvalue weighted by molar-refractivity contribution is 5.69. The predicted octanol–water partition coefficient (Wildman–Crippen LogP) is 6.18. The van der Waals surface area contributed by atoms with Gasteiger partial charge in [0, 0.05) is 24.4 Å². The molecule has 0 aliphatic heterocycles. The number of nitrogens with zero attached hydrogens (tertiary/aromatic N) is 2. The van der Waals surface area contributed by atoms with E-state index >= 15 is 0 Å². The van der Waals surface area contributed by atoms with Gasteiger partial charge in [0.25, 0.3) is 0 Å². The van der Waals surface area contributed by atoms with Crippen LogP contribution in [0.1, 0.15) is 76.8 Å². The number of benzene rings is 1. The fraction of sp³-hybridized carbons (Fsp3) is 0.560. The van der Waals surface area contributed by atoms with Crippen molar-refractivity contribution in [2.24, 2.45) is 5.92 Å². The third-order valence-electron chi connectivity index (χ3n) is 5.33. The van der Waals surface area contributed by atoms with Crippen LogP contribution < -0.4 is 0 Å². The van der Waals surface area contributed by atoms with Crippen molar-refractivity contribution in [1.82, 2.24) is 9.97 Å². The van der Waals surface area contributed by atoms with Gasteiger partial charge < -0.3 is 4.74 Å². The number of esters is 1. The molecule has 1 atom stereocenters. The second-order valence-electron chi connectivity index (χ2n) is 7.97. The van der Waals surface area contributed by atoms with E-state index in [-0.39, 0.29) is 5.97 Å². The number of carbonyl (C=O) groups excluding carboxylic acids is 1. The Kier molecular flexibility index (Phi) is 10.4. The standard InChI is InChI=1S/C25H36N2O2/c1-4-6-7-8-9-10-22-17-26-25(27-18-22)23-14-11-21(12-15-23)13-16-24(28)29-19-20(3)5-2/h11-12,14-15,17-18,20H,4-10,13,16,19H2,1-3H3. The summed E-state index contributed by atoms with van der Waals surface area (Å²) >= 11 is 0. The van der Waals surface area contributed by atoms with E-state index in [1.165, 1.54) is 37.7 Å². The summed E-state index contributed by atoms with van der Waals surface area (Å²) in [6.45, 7) is 6.95. The van der Waals surface area contributed by atoms with Gasteiger partial charge in [0.2, 0.25) is 0 Å². The first-order chi connectivity index (χ1) is 14.1. The fourth-order valence-electron chi connectivity index (χ4n) is 3.06. The first kappa shape index (κ1) is 23.1. The molecule has 158 valence electrons. The molecule has 0 bridgehead atoms. The van der Waals surface area contributed by atoms with Crippen LogP contribution in [0, 0.1) is 5.92 Å². The zero-order valence-corrected chi connectivity index (χ0v) is 18.3. The van der Waals surface area contributed by atoms with E-state index in [1.54, 1.807) is 0 Å². The summed E-state index contributed by atoms with van der Waals surface area (Å²) < 4.78 is 5.31. The number of aromatic nitrogens is 2. The second kappa shape index (κ2) is 13.1. The monoisotopic (exact) mass is 396 g/mol. The highest BCUT2D eigenvalue weighted by atomic mass is 16.5. The van der Waals surface area contributed by atoms with E-state index in [1.807, 2.05) is 36.7 Å². The molecule has 4 heteroatoms. The van der Waals surface area contributed by atoms with Crippen molar-refractivity contribution in [3.63, 3.8) is 0 Å². The Balaban J connectivity index is 1.78. The van der Waals surface area contributed by atoms with Crippen LogP contribution in [0.5, 0.6) is 0 Å². The summed E-state index contributed by atoms with van der Waals surface area (Å²) in [5.74, 6) is 1.05. The van der Waals surface area contributed by atoms with Crippen LogP contribution >= 0.6 is 0 Å². The minimum atomic E-state index is -0.122. The fourth-order valence-corrected chi connectivity index (χ4v) is 3.06. The summed E-state index contributed by atoms with van der Waals surface area (Å²) in [5, 5.41) is 0. The van der Waals surface area contributed by atoms with Gasteiger partial charge in [0.05, 0.1) is 6.61 Å². The molecule has 1 heterocycles. The second-order valence-corrected chi connectivity index (χ2v) is 7.97. The van der Waals surface area contributed by atoms with Crippen LogP contribution in [0.15, 0.2) is 36.7 Å². The Labute approximate surface area is 176 Å². The Morgan fingerprint density at radius 2 is 1.62 bits per heavy atom. The quantitative estimate of drug-likeness (QED) is 0.300. The highest BCUT2D eigenvalue weighted by Gasteiger charge is 2.07. The van der Waals surface area contributed by atoms with E-state index in [9.17, 15) is 4.79 Å². The number of unbranched alkanes of at least 4 members (excludes halogenated alkanes) is 4. The molecule has 4 nitrogen and oxygen atoms in total. The van der Waals surface area contributed by atoms with Gasteiger partial charge in [-0.05, 0) is 36.3 Å². The Bertz CT molecular complexity index is 711. The van der Waals surface area contributed by atoms with E-state index < -0.39 is 0 Å². The SMILES string of the molecule is CCCCCCCc1cnc(-c2ccc(CCC(=O)OCC(C)CC)cc2)nc1. The molecule has 0 saturated carbocycles. The molecule has 0 aliphatic rings. The normalized spacial score (nSPS) is 12.0. The minimum Gasteiger partial charge on any atom is -0.465 e. The number of hydrogen-bond donors (Lipinski definition) is 0. The first-order valence-corrected chi connectivity index (χ1v) is 11.2. The molecule has 2 rings (SSSR count). The van der Waals surface area contributed by atoms with Crippen molar-refractivity contribution in [1.29, 1.82) is 0 Å². The zero-order chi connectivity index (χ0) is 20.9. The molecule has 2 aromatic rings. The van der Waals surface area contributed by atoms with Crippen LogP contribution in [0.4, 0.5) is 0 Å². The van der Waals surface area contributed by atoms with Crippen molar-refractivity contribution in [2.45, 2.75) is 78.6 Å². The third kappa shape index (κ3) is 8.76. The number of hydrogen-bond acceptors (Lipinski definition) is 4. The summed E-state index contributed by atoms with van der Waals surface area (Å²) in [4.78, 5) is 20.9. The molecule has 0 aliphatic carbocycles. The van der Waals surface area contributed by atoms with E-state index in [4.69, 9.17) is 4.74 Å². The molecule has 1 aromatic carbocycles. The average Bonchev–Trinajstić information content (AvgIpc) is 2.76. The molecular formula is C25H36N2O2. The zero-order valence-electron chi connectivity index (χ0n) is 18.3. The number of aryl methyl sites for hydroxylation is 2. The van der Waals surface area contributed by atoms with Gasteiger partial charge >= 0.3 is 5.97 Å². The Morgan fingerprint density at radius 3 is 2.28 bits per heavy atom. The first-order valence-electron chi connectivity index (χ1n) is 11.2. The lowest BCUT2D eigenvalue weighted by Gasteiger charge is -2.09. The smallest absolute Gasteiger partial charge is 0.306 e. The van der Waals surface area contributed by atoms with E-state index in [2.05, 4.69) is 30.7 Å². The van der Waals surface area contributed by atoms with Crippen LogP contribution in [-0.4, -0.2) is 22.5 Å². The number of rotatable bonds is 13. The Morgan fingerprint density at radius 1 is 0.931 bits per heavy atom. The van der Waals surface area contributed by atoms with Crippen molar-refractivity contribution in [3.05, 3.63) is 47.8 Å². The molecule has 0 fully saturated rings. The largest absolute Gasteiger partial charge is 0.465 e. The maximum absolute atomic E-state index is 11.8. The van der Waals surface area contributed by atoms with Gasteiger partial charge in [-0.15, -0.1) is 0 Å². The molecular weight excluding hydrogens is 360 g/mol. The molecule has 1 unspecified atom stereocenters. The van der Waals surface area contributed by atoms with Gasteiger partial charge in [-0.1, -0.05) is 77.1 Å². The maximum Gasteiger partial charge on any atom is 0.306 e. The van der Waals surface area contributed by atoms with Crippen LogP contribution in [0.3, 0.4) is 0 Å². The molecule has 0 amide bonds. The molecule has 0 N–H and O–H groups in total. The van der Waals surface area contributed by atoms with E-state index in [0.29, 0.717) is 25.4 Å². The van der Waals surface area contributed by atoms with Gasteiger partial charge in [0.1, 0.15) is 0 Å². The molecule has 29 heavy (non-hydrogen) atoms. The van der Waals surface area contributed by atoms with Gasteiger partial charge in [-0.2, -0.15) is 0 Å². The summed E-state index contributed by atoms with van der Waals surface area (Å²) in [6, 6.07) is 8.14. The summed E-state index contributed by atoms with van der Waals surface area (Å²) in [5.41, 5.74) is 3.33. The van der Waals surface area contributed by atoms with Crippen molar-refractivity contribution in [3.8, 4) is 11.4 Å². The van der Waals surface area contributed by atoms with Crippen LogP contribution in [-0.2, 0) is 22.4 Å². The lowest BCUT2D eigenvalue weighted by molar-refractivity contribution is -0.144. The summed E-state index contributed by atoms with van der Waals surface area (Å²) in [6.07, 6.45) is 13.5. The predicted molar refractivity (Wildman–Crippen MR) is 119 cm³/mol. The van der Waals surface area contributed by atoms with Crippen LogP contribution in [0.25, 0.3) is 11.4 Å². The van der Waals surface area contributed by atoms with Crippen molar-refractivity contribution < 1.29 is 9.53 Å². The number of carbonyl (C=O) groups is 1. The molecule has 0 spiro atoms. The van der Waals surface area contributed by atoms with E-state index in [0.717, 1.165) is 29.8 Å². The lowest BCUT2D eigenvalue weighted by Crippen LogP contribution is -2.11. The molecule has 0 saturated heterocycles. The van der Waals surface area contributed by atoms with Gasteiger partial charge in [0.15, 0.2) is 5.82 Å². The van der Waals surface area contributed by atoms with Crippen LogP contribution in [0.2, 0.25) is 0 Å². The third-order valence-corrected chi connectivity index (χ3v) is 5.33. The summed E-state index contributed by atoms with van der Waals surface area (Å²) in [7, 11) is 0. The molecule has 0 radical (unpaired) electrons. The highest BCUT2D eigenvalue weighted by Crippen LogP contribution is 2.17. The topological polar surface area (TPSA) is 52.1 Å². The van der Waals surface area contributed by atoms with Crippen molar-refractivity contribution >= 4 is 5.97 Å². The maximum atomic E-state index is 11.8. The van der Waals surface area contributed by atoms with Crippen molar-refractivity contribution in [2.75, 3.05) is 6.61 Å². The number of ether oxygens (including phenoxy) is 1.